The molecule has 2 aromatic carbocycles. The van der Waals surface area contributed by atoms with Crippen LogP contribution in [-0.4, -0.2) is 38.7 Å². The summed E-state index contributed by atoms with van der Waals surface area (Å²) >= 11 is 6.36. The Morgan fingerprint density at radius 3 is 2.55 bits per heavy atom. The quantitative estimate of drug-likeness (QED) is 0.355. The van der Waals surface area contributed by atoms with Crippen LogP contribution in [0.25, 0.3) is 22.0 Å². The fraction of sp³-hybridized carbons (Fsp3) is 0.310. The number of ether oxygens (including phenoxy) is 1. The number of pyridine rings is 1. The molecule has 196 valence electrons. The maximum absolute atomic E-state index is 13.9. The first-order valence-corrected chi connectivity index (χ1v) is 12.7. The highest BCUT2D eigenvalue weighted by molar-refractivity contribution is 6.35. The van der Waals surface area contributed by atoms with Gasteiger partial charge in [-0.1, -0.05) is 30.5 Å². The number of halogens is 3. The van der Waals surface area contributed by atoms with Crippen molar-refractivity contribution >= 4 is 22.5 Å². The number of benzene rings is 2. The van der Waals surface area contributed by atoms with Crippen LogP contribution < -0.4 is 5.56 Å². The largest absolute Gasteiger partial charge is 0.381 e. The molecule has 0 unspecified atom stereocenters. The number of aliphatic hydroxyl groups is 1. The normalized spacial score (nSPS) is 15.7. The van der Waals surface area contributed by atoms with Crippen molar-refractivity contribution in [2.75, 3.05) is 13.2 Å². The average molecular weight is 538 g/mol. The zero-order valence-electron chi connectivity index (χ0n) is 20.9. The second-order valence-corrected chi connectivity index (χ2v) is 10.1. The lowest BCUT2D eigenvalue weighted by molar-refractivity contribution is -0.0262. The predicted molar refractivity (Wildman–Crippen MR) is 142 cm³/mol. The van der Waals surface area contributed by atoms with Crippen LogP contribution in [0.15, 0.2) is 47.3 Å². The molecule has 0 radical (unpaired) electrons. The van der Waals surface area contributed by atoms with E-state index >= 15 is 0 Å². The van der Waals surface area contributed by atoms with Crippen LogP contribution in [0.3, 0.4) is 0 Å². The Morgan fingerprint density at radius 2 is 1.84 bits per heavy atom. The van der Waals surface area contributed by atoms with Crippen LogP contribution in [-0.2, 0) is 18.2 Å². The summed E-state index contributed by atoms with van der Waals surface area (Å²) in [7, 11) is 1.73. The summed E-state index contributed by atoms with van der Waals surface area (Å²) in [5.74, 6) is 4.38. The third kappa shape index (κ3) is 5.23. The number of fused-ring (bicyclic) bond motifs is 1. The molecule has 0 aliphatic carbocycles. The van der Waals surface area contributed by atoms with Crippen molar-refractivity contribution in [3.63, 3.8) is 0 Å². The second-order valence-electron chi connectivity index (χ2n) is 9.72. The monoisotopic (exact) mass is 537 g/mol. The molecule has 1 saturated heterocycles. The van der Waals surface area contributed by atoms with Gasteiger partial charge in [-0.25, -0.2) is 13.8 Å². The second kappa shape index (κ2) is 10.3. The number of H-pyrrole nitrogens is 1. The molecule has 1 fully saturated rings. The van der Waals surface area contributed by atoms with Gasteiger partial charge in [0.1, 0.15) is 22.9 Å². The fourth-order valence-corrected chi connectivity index (χ4v) is 5.19. The van der Waals surface area contributed by atoms with E-state index in [0.717, 1.165) is 17.2 Å². The molecule has 9 heteroatoms. The maximum atomic E-state index is 13.9. The molecular formula is C29H26ClF2N3O3. The van der Waals surface area contributed by atoms with E-state index in [1.165, 1.54) is 12.1 Å². The summed E-state index contributed by atoms with van der Waals surface area (Å²) < 4.78 is 34.8. The van der Waals surface area contributed by atoms with E-state index in [2.05, 4.69) is 16.9 Å². The number of nitrogens with one attached hydrogen (secondary N) is 1. The number of aromatic amines is 1. The van der Waals surface area contributed by atoms with Gasteiger partial charge in [0.15, 0.2) is 0 Å². The fourth-order valence-electron chi connectivity index (χ4n) is 4.95. The summed E-state index contributed by atoms with van der Waals surface area (Å²) in [6, 6.07) is 10.6. The smallest absolute Gasteiger partial charge is 0.273 e. The summed E-state index contributed by atoms with van der Waals surface area (Å²) in [6.45, 7) is 2.79. The third-order valence-corrected chi connectivity index (χ3v) is 7.16. The molecule has 1 aliphatic rings. The van der Waals surface area contributed by atoms with Crippen LogP contribution >= 0.6 is 11.6 Å². The number of rotatable bonds is 4. The van der Waals surface area contributed by atoms with Gasteiger partial charge in [0, 0.05) is 43.0 Å². The number of hydrogen-bond acceptors (Lipinski definition) is 4. The molecule has 0 bridgehead atoms. The summed E-state index contributed by atoms with van der Waals surface area (Å²) in [4.78, 5) is 17.4. The molecule has 4 aromatic rings. The molecular weight excluding hydrogens is 512 g/mol. The predicted octanol–water partition coefficient (Wildman–Crippen LogP) is 5.10. The first kappa shape index (κ1) is 26.1. The SMILES string of the molecule is C[C@@H](Cc1cc(F)cc(F)c1)c1nc(C#CC2(O)CCOCC2)ccc1-c1ccc(Cl)c2c(=O)[nH]n(C)c12. The lowest BCUT2D eigenvalue weighted by Crippen LogP contribution is -2.34. The van der Waals surface area contributed by atoms with Gasteiger partial charge in [-0.15, -0.1) is 0 Å². The molecule has 0 amide bonds. The Balaban J connectivity index is 1.64. The number of aromatic nitrogens is 3. The van der Waals surface area contributed by atoms with Crippen molar-refractivity contribution in [3.05, 3.63) is 86.4 Å². The molecule has 38 heavy (non-hydrogen) atoms. The highest BCUT2D eigenvalue weighted by Gasteiger charge is 2.27. The standard InChI is InChI=1S/C29H26ClF2N3O3/c1-17(13-18-14-19(31)16-20(32)15-18)26-22(23-5-6-24(30)25-27(23)35(2)34-28(25)36)4-3-21(33-26)7-8-29(37)9-11-38-12-10-29/h3-6,14-17,37H,9-13H2,1-2H3,(H,34,36)/t17-/m0/s1. The Hall–Kier alpha value is -3.51. The Bertz CT molecular complexity index is 1620. The molecule has 1 aliphatic heterocycles. The van der Waals surface area contributed by atoms with Crippen LogP contribution in [0, 0.1) is 23.5 Å². The zero-order valence-corrected chi connectivity index (χ0v) is 21.7. The molecule has 0 saturated carbocycles. The van der Waals surface area contributed by atoms with E-state index in [9.17, 15) is 18.7 Å². The van der Waals surface area contributed by atoms with Gasteiger partial charge >= 0.3 is 0 Å². The van der Waals surface area contributed by atoms with Crippen molar-refractivity contribution < 1.29 is 18.6 Å². The topological polar surface area (TPSA) is 80.1 Å². The summed E-state index contributed by atoms with van der Waals surface area (Å²) in [6.07, 6.45) is 1.14. The molecule has 1 atom stereocenters. The van der Waals surface area contributed by atoms with Gasteiger partial charge in [0.05, 0.1) is 34.8 Å². The van der Waals surface area contributed by atoms with Crippen LogP contribution in [0.2, 0.25) is 5.02 Å². The highest BCUT2D eigenvalue weighted by atomic mass is 35.5. The Labute approximate surface area is 223 Å². The van der Waals surface area contributed by atoms with Crippen LogP contribution in [0.1, 0.15) is 42.6 Å². The zero-order chi connectivity index (χ0) is 27.0. The average Bonchev–Trinajstić information content (AvgIpc) is 3.17. The van der Waals surface area contributed by atoms with Crippen molar-refractivity contribution in [3.8, 4) is 23.0 Å². The van der Waals surface area contributed by atoms with Crippen molar-refractivity contribution in [1.29, 1.82) is 0 Å². The highest BCUT2D eigenvalue weighted by Crippen LogP contribution is 2.36. The minimum atomic E-state index is -1.14. The van der Waals surface area contributed by atoms with E-state index in [0.29, 0.717) is 65.4 Å². The first-order chi connectivity index (χ1) is 18.1. The molecule has 3 heterocycles. The summed E-state index contributed by atoms with van der Waals surface area (Å²) in [5, 5.41) is 14.2. The van der Waals surface area contributed by atoms with Crippen molar-refractivity contribution in [2.24, 2.45) is 7.05 Å². The van der Waals surface area contributed by atoms with Gasteiger partial charge in [0.25, 0.3) is 5.56 Å². The van der Waals surface area contributed by atoms with Crippen molar-refractivity contribution in [2.45, 2.75) is 37.7 Å². The van der Waals surface area contributed by atoms with E-state index in [-0.39, 0.29) is 11.5 Å². The Morgan fingerprint density at radius 1 is 1.16 bits per heavy atom. The minimum absolute atomic E-state index is 0.277. The number of hydrogen-bond donors (Lipinski definition) is 2. The van der Waals surface area contributed by atoms with Gasteiger partial charge in [-0.05, 0) is 48.2 Å². The lowest BCUT2D eigenvalue weighted by atomic mass is 9.90. The lowest BCUT2D eigenvalue weighted by Gasteiger charge is -2.26. The molecule has 5 rings (SSSR count). The number of aryl methyl sites for hydroxylation is 1. The molecule has 2 N–H and O–H groups in total. The van der Waals surface area contributed by atoms with E-state index < -0.39 is 17.2 Å². The molecule has 0 spiro atoms. The maximum Gasteiger partial charge on any atom is 0.273 e. The van der Waals surface area contributed by atoms with Crippen LogP contribution in [0.5, 0.6) is 0 Å². The van der Waals surface area contributed by atoms with Gasteiger partial charge < -0.3 is 9.84 Å². The van der Waals surface area contributed by atoms with E-state index in [1.54, 1.807) is 23.9 Å². The van der Waals surface area contributed by atoms with Crippen LogP contribution in [0.4, 0.5) is 8.78 Å². The first-order valence-electron chi connectivity index (χ1n) is 12.3. The molecule has 2 aromatic heterocycles. The summed E-state index contributed by atoms with van der Waals surface area (Å²) in [5.41, 5.74) is 2.21. The Kier molecular flexibility index (Phi) is 7.10. The molecule has 6 nitrogen and oxygen atoms in total. The van der Waals surface area contributed by atoms with E-state index in [1.807, 2.05) is 19.1 Å². The van der Waals surface area contributed by atoms with E-state index in [4.69, 9.17) is 21.3 Å². The number of nitrogens with zero attached hydrogens (tertiary/aromatic N) is 2. The van der Waals surface area contributed by atoms with Gasteiger partial charge in [0.2, 0.25) is 0 Å². The van der Waals surface area contributed by atoms with Gasteiger partial charge in [-0.2, -0.15) is 0 Å². The van der Waals surface area contributed by atoms with Gasteiger partial charge in [-0.3, -0.25) is 14.6 Å². The van der Waals surface area contributed by atoms with Crippen molar-refractivity contribution in [1.82, 2.24) is 14.8 Å². The minimum Gasteiger partial charge on any atom is -0.381 e. The third-order valence-electron chi connectivity index (χ3n) is 6.85.